The van der Waals surface area contributed by atoms with Crippen LogP contribution in [0.4, 0.5) is 10.1 Å². The Morgan fingerprint density at radius 2 is 1.76 bits per heavy atom. The Morgan fingerprint density at radius 1 is 1.03 bits per heavy atom. The van der Waals surface area contributed by atoms with Crippen molar-refractivity contribution >= 4 is 17.6 Å². The molecule has 1 aromatic carbocycles. The van der Waals surface area contributed by atoms with Gasteiger partial charge in [-0.3, -0.25) is 0 Å². The number of esters is 2. The zero-order valence-corrected chi connectivity index (χ0v) is 16.5. The van der Waals surface area contributed by atoms with Gasteiger partial charge in [-0.15, -0.1) is 0 Å². The molecule has 29 heavy (non-hydrogen) atoms. The van der Waals surface area contributed by atoms with Crippen LogP contribution < -0.4 is 9.64 Å². The van der Waals surface area contributed by atoms with Gasteiger partial charge in [-0.05, 0) is 50.0 Å². The first-order valence-corrected chi connectivity index (χ1v) is 9.57. The van der Waals surface area contributed by atoms with Gasteiger partial charge in [-0.25, -0.2) is 14.0 Å². The molecule has 0 bridgehead atoms. The fourth-order valence-corrected chi connectivity index (χ4v) is 3.50. The zero-order chi connectivity index (χ0) is 20.8. The Kier molecular flexibility index (Phi) is 6.69. The molecule has 0 saturated heterocycles. The fourth-order valence-electron chi connectivity index (χ4n) is 3.50. The van der Waals surface area contributed by atoms with Crippen molar-refractivity contribution in [3.05, 3.63) is 59.7 Å². The number of hydrogen-bond donors (Lipinski definition) is 0. The highest BCUT2D eigenvalue weighted by Crippen LogP contribution is 2.37. The van der Waals surface area contributed by atoms with Crippen LogP contribution in [0.1, 0.15) is 32.1 Å². The molecular formula is C22H24FNO5. The van der Waals surface area contributed by atoms with E-state index in [0.717, 1.165) is 32.1 Å². The summed E-state index contributed by atoms with van der Waals surface area (Å²) >= 11 is 0. The largest absolute Gasteiger partial charge is 0.485 e. The van der Waals surface area contributed by atoms with Gasteiger partial charge < -0.3 is 19.1 Å². The molecule has 0 spiro atoms. The lowest BCUT2D eigenvalue weighted by Gasteiger charge is -2.28. The van der Waals surface area contributed by atoms with Crippen LogP contribution >= 0.6 is 0 Å². The van der Waals surface area contributed by atoms with E-state index in [-0.39, 0.29) is 23.1 Å². The van der Waals surface area contributed by atoms with Gasteiger partial charge in [0.25, 0.3) is 0 Å². The highest BCUT2D eigenvalue weighted by molar-refractivity contribution is 6.05. The fraction of sp³-hybridized carbons (Fsp3) is 0.364. The smallest absolute Gasteiger partial charge is 0.355 e. The number of ether oxygens (including phenoxy) is 3. The molecule has 0 aromatic heterocycles. The number of methoxy groups -OCH3 is 2. The van der Waals surface area contributed by atoms with E-state index in [1.54, 1.807) is 24.4 Å². The number of carbonyl (C=O) groups is 2. The van der Waals surface area contributed by atoms with E-state index >= 15 is 0 Å². The molecule has 2 aliphatic rings. The van der Waals surface area contributed by atoms with Gasteiger partial charge in [0.2, 0.25) is 0 Å². The SMILES string of the molecule is COC(=O)C1=C(C(=O)OC)N(c2cccc(F)c2OC2CCCCC2)C=CC=C1. The van der Waals surface area contributed by atoms with Gasteiger partial charge in [0.05, 0.1) is 31.6 Å². The number of hydrogen-bond acceptors (Lipinski definition) is 6. The molecule has 6 nitrogen and oxygen atoms in total. The summed E-state index contributed by atoms with van der Waals surface area (Å²) in [5.74, 6) is -1.96. The lowest BCUT2D eigenvalue weighted by molar-refractivity contribution is -0.139. The van der Waals surface area contributed by atoms with Crippen LogP contribution in [0, 0.1) is 5.82 Å². The summed E-state index contributed by atoms with van der Waals surface area (Å²) in [6.45, 7) is 0. The quantitative estimate of drug-likeness (QED) is 0.694. The van der Waals surface area contributed by atoms with Crippen molar-refractivity contribution in [2.24, 2.45) is 0 Å². The minimum absolute atomic E-state index is 0.00257. The van der Waals surface area contributed by atoms with E-state index < -0.39 is 17.8 Å². The van der Waals surface area contributed by atoms with Crippen LogP contribution in [-0.2, 0) is 19.1 Å². The highest BCUT2D eigenvalue weighted by Gasteiger charge is 2.30. The maximum Gasteiger partial charge on any atom is 0.355 e. The molecule has 7 heteroatoms. The molecule has 1 aromatic rings. The predicted octanol–water partition coefficient (Wildman–Crippen LogP) is 4.03. The normalized spacial score (nSPS) is 17.1. The van der Waals surface area contributed by atoms with Crippen LogP contribution in [0.15, 0.2) is 53.9 Å². The monoisotopic (exact) mass is 401 g/mol. The molecule has 1 fully saturated rings. The molecular weight excluding hydrogens is 377 g/mol. The summed E-state index contributed by atoms with van der Waals surface area (Å²) in [7, 11) is 2.44. The molecule has 1 saturated carbocycles. The van der Waals surface area contributed by atoms with Gasteiger partial charge in [0.15, 0.2) is 11.6 Å². The van der Waals surface area contributed by atoms with Crippen molar-refractivity contribution in [1.82, 2.24) is 0 Å². The van der Waals surface area contributed by atoms with Crippen molar-refractivity contribution in [3.63, 3.8) is 0 Å². The Balaban J connectivity index is 2.10. The van der Waals surface area contributed by atoms with Gasteiger partial charge in [0.1, 0.15) is 5.70 Å². The van der Waals surface area contributed by atoms with Crippen LogP contribution in [0.25, 0.3) is 0 Å². The van der Waals surface area contributed by atoms with Gasteiger partial charge in [-0.1, -0.05) is 18.6 Å². The van der Waals surface area contributed by atoms with Crippen molar-refractivity contribution in [2.75, 3.05) is 19.1 Å². The number of halogens is 1. The molecule has 1 aliphatic heterocycles. The maximum atomic E-state index is 14.8. The Bertz CT molecular complexity index is 868. The van der Waals surface area contributed by atoms with Crippen LogP contribution in [0.5, 0.6) is 5.75 Å². The minimum Gasteiger partial charge on any atom is -0.485 e. The van der Waals surface area contributed by atoms with Crippen molar-refractivity contribution < 1.29 is 28.2 Å². The lowest BCUT2D eigenvalue weighted by atomic mass is 9.98. The van der Waals surface area contributed by atoms with E-state index in [0.29, 0.717) is 5.69 Å². The number of carbonyl (C=O) groups excluding carboxylic acids is 2. The lowest BCUT2D eigenvalue weighted by Crippen LogP contribution is -2.28. The molecule has 154 valence electrons. The molecule has 0 unspecified atom stereocenters. The third kappa shape index (κ3) is 4.50. The Labute approximate surface area is 169 Å². The van der Waals surface area contributed by atoms with Crippen LogP contribution in [-0.4, -0.2) is 32.3 Å². The maximum absolute atomic E-state index is 14.8. The number of benzene rings is 1. The molecule has 0 atom stereocenters. The highest BCUT2D eigenvalue weighted by atomic mass is 19.1. The van der Waals surface area contributed by atoms with E-state index in [1.165, 1.54) is 37.3 Å². The second-order valence-electron chi connectivity index (χ2n) is 6.78. The van der Waals surface area contributed by atoms with Crippen molar-refractivity contribution in [2.45, 2.75) is 38.2 Å². The Morgan fingerprint density at radius 3 is 2.45 bits per heavy atom. The first kappa shape index (κ1) is 20.6. The summed E-state index contributed by atoms with van der Waals surface area (Å²) in [5.41, 5.74) is 0.220. The molecule has 0 amide bonds. The summed E-state index contributed by atoms with van der Waals surface area (Å²) in [5, 5.41) is 0. The number of allylic oxidation sites excluding steroid dienone is 2. The first-order chi connectivity index (χ1) is 14.1. The standard InChI is InChI=1S/C22H24FNO5/c1-27-21(25)16-11-6-7-14-24(19(16)22(26)28-2)18-13-8-12-17(23)20(18)29-15-9-4-3-5-10-15/h6-8,11-15H,3-5,9-10H2,1-2H3. The summed E-state index contributed by atoms with van der Waals surface area (Å²) < 4.78 is 30.5. The third-order valence-electron chi connectivity index (χ3n) is 4.93. The number of anilines is 1. The van der Waals surface area contributed by atoms with Crippen molar-refractivity contribution in [3.8, 4) is 5.75 Å². The van der Waals surface area contributed by atoms with Crippen molar-refractivity contribution in [1.29, 1.82) is 0 Å². The van der Waals surface area contributed by atoms with E-state index in [2.05, 4.69) is 0 Å². The molecule has 3 rings (SSSR count). The zero-order valence-electron chi connectivity index (χ0n) is 16.5. The summed E-state index contributed by atoms with van der Waals surface area (Å²) in [6, 6.07) is 4.47. The number of nitrogens with zero attached hydrogens (tertiary/aromatic N) is 1. The van der Waals surface area contributed by atoms with Crippen LogP contribution in [0.3, 0.4) is 0 Å². The third-order valence-corrected chi connectivity index (χ3v) is 4.93. The average molecular weight is 401 g/mol. The molecule has 0 N–H and O–H groups in total. The van der Waals surface area contributed by atoms with Gasteiger partial charge >= 0.3 is 11.9 Å². The Hall–Kier alpha value is -3.09. The molecule has 0 radical (unpaired) electrons. The van der Waals surface area contributed by atoms with Gasteiger partial charge in [0, 0.05) is 6.20 Å². The van der Waals surface area contributed by atoms with E-state index in [4.69, 9.17) is 14.2 Å². The molecule has 1 aliphatic carbocycles. The topological polar surface area (TPSA) is 65.1 Å². The van der Waals surface area contributed by atoms with Crippen LogP contribution in [0.2, 0.25) is 0 Å². The van der Waals surface area contributed by atoms with Gasteiger partial charge in [-0.2, -0.15) is 0 Å². The summed E-state index contributed by atoms with van der Waals surface area (Å²) in [4.78, 5) is 26.3. The summed E-state index contributed by atoms with van der Waals surface area (Å²) in [6.07, 6.45) is 11.0. The van der Waals surface area contributed by atoms with E-state index in [9.17, 15) is 14.0 Å². The van der Waals surface area contributed by atoms with E-state index in [1.807, 2.05) is 0 Å². The number of rotatable bonds is 5. The average Bonchev–Trinajstić information content (AvgIpc) is 2.97. The second-order valence-corrected chi connectivity index (χ2v) is 6.78. The first-order valence-electron chi connectivity index (χ1n) is 9.57. The number of para-hydroxylation sites is 1. The second kappa shape index (κ2) is 9.41. The predicted molar refractivity (Wildman–Crippen MR) is 106 cm³/mol. The molecule has 1 heterocycles. The minimum atomic E-state index is -0.755.